The fourth-order valence-electron chi connectivity index (χ4n) is 1.55. The largest absolute Gasteiger partial charge is 0.390 e. The predicted molar refractivity (Wildman–Crippen MR) is 70.7 cm³/mol. The molecule has 0 rings (SSSR count). The monoisotopic (exact) mass is 230 g/mol. The van der Waals surface area contributed by atoms with E-state index in [0.717, 1.165) is 32.6 Å². The van der Waals surface area contributed by atoms with Gasteiger partial charge in [-0.15, -0.1) is 0 Å². The molecule has 0 amide bonds. The Balaban J connectivity index is 3.69. The second-order valence-corrected chi connectivity index (χ2v) is 5.29. The van der Waals surface area contributed by atoms with Crippen molar-refractivity contribution >= 4 is 0 Å². The summed E-state index contributed by atoms with van der Waals surface area (Å²) in [6.07, 6.45) is 0.902. The van der Waals surface area contributed by atoms with Gasteiger partial charge in [-0.3, -0.25) is 0 Å². The van der Waals surface area contributed by atoms with Crippen LogP contribution >= 0.6 is 0 Å². The molecule has 0 aromatic rings. The molecule has 3 heteroatoms. The van der Waals surface area contributed by atoms with Crippen molar-refractivity contribution in [3.63, 3.8) is 0 Å². The second kappa shape index (κ2) is 8.04. The maximum Gasteiger partial charge on any atom is 0.0791 e. The Morgan fingerprint density at radius 3 is 2.19 bits per heavy atom. The van der Waals surface area contributed by atoms with Crippen LogP contribution in [0.25, 0.3) is 0 Å². The van der Waals surface area contributed by atoms with Crippen molar-refractivity contribution in [1.82, 2.24) is 10.2 Å². The van der Waals surface area contributed by atoms with Gasteiger partial charge in [0, 0.05) is 19.6 Å². The normalized spacial score (nSPS) is 14.4. The zero-order valence-corrected chi connectivity index (χ0v) is 11.7. The lowest BCUT2D eigenvalue weighted by molar-refractivity contribution is 0.113. The van der Waals surface area contributed by atoms with Gasteiger partial charge >= 0.3 is 0 Å². The van der Waals surface area contributed by atoms with Crippen LogP contribution in [0.1, 0.15) is 41.0 Å². The zero-order valence-electron chi connectivity index (χ0n) is 11.7. The molecule has 0 saturated heterocycles. The van der Waals surface area contributed by atoms with E-state index in [1.807, 2.05) is 0 Å². The number of hydrogen-bond donors (Lipinski definition) is 2. The van der Waals surface area contributed by atoms with E-state index in [-0.39, 0.29) is 6.10 Å². The first-order chi connectivity index (χ1) is 7.45. The molecule has 0 aliphatic heterocycles. The van der Waals surface area contributed by atoms with Crippen LogP contribution in [0.2, 0.25) is 0 Å². The molecule has 98 valence electrons. The smallest absolute Gasteiger partial charge is 0.0791 e. The molecular formula is C13H30N2O. The first-order valence-electron chi connectivity index (χ1n) is 6.56. The van der Waals surface area contributed by atoms with Crippen LogP contribution in [0.3, 0.4) is 0 Å². The number of likely N-dealkylation sites (N-methyl/N-ethyl adjacent to an activating group) is 1. The van der Waals surface area contributed by atoms with Crippen LogP contribution < -0.4 is 5.32 Å². The fraction of sp³-hybridized carbons (Fsp3) is 1.00. The van der Waals surface area contributed by atoms with Crippen molar-refractivity contribution in [2.75, 3.05) is 32.7 Å². The number of hydrogen-bond acceptors (Lipinski definition) is 3. The molecule has 0 fully saturated rings. The van der Waals surface area contributed by atoms with Gasteiger partial charge in [0.05, 0.1) is 6.10 Å². The number of aliphatic hydroxyl groups excluding tert-OH is 1. The topological polar surface area (TPSA) is 35.5 Å². The maximum absolute atomic E-state index is 9.85. The minimum atomic E-state index is -0.257. The average Bonchev–Trinajstić information content (AvgIpc) is 2.25. The van der Waals surface area contributed by atoms with E-state index in [1.54, 1.807) is 0 Å². The van der Waals surface area contributed by atoms with Gasteiger partial charge in [0.25, 0.3) is 0 Å². The Hall–Kier alpha value is -0.120. The number of rotatable bonds is 9. The molecule has 1 unspecified atom stereocenters. The number of nitrogens with zero attached hydrogens (tertiary/aromatic N) is 1. The first-order valence-corrected chi connectivity index (χ1v) is 6.56. The van der Waals surface area contributed by atoms with Gasteiger partial charge in [-0.05, 0) is 24.9 Å². The lowest BCUT2D eigenvalue weighted by Gasteiger charge is -2.26. The highest BCUT2D eigenvalue weighted by Crippen LogP contribution is 2.17. The van der Waals surface area contributed by atoms with Crippen molar-refractivity contribution in [2.24, 2.45) is 5.41 Å². The molecule has 3 nitrogen and oxygen atoms in total. The summed E-state index contributed by atoms with van der Waals surface area (Å²) < 4.78 is 0. The molecule has 0 aromatic carbocycles. The van der Waals surface area contributed by atoms with Crippen LogP contribution in [-0.4, -0.2) is 48.8 Å². The van der Waals surface area contributed by atoms with Crippen LogP contribution in [0.15, 0.2) is 0 Å². The van der Waals surface area contributed by atoms with Gasteiger partial charge in [-0.2, -0.15) is 0 Å². The van der Waals surface area contributed by atoms with Crippen molar-refractivity contribution in [2.45, 2.75) is 47.1 Å². The van der Waals surface area contributed by atoms with E-state index in [2.05, 4.69) is 44.8 Å². The van der Waals surface area contributed by atoms with Crippen molar-refractivity contribution < 1.29 is 5.11 Å². The minimum Gasteiger partial charge on any atom is -0.390 e. The quantitative estimate of drug-likeness (QED) is 0.633. The van der Waals surface area contributed by atoms with Gasteiger partial charge in [-0.1, -0.05) is 34.6 Å². The summed E-state index contributed by atoms with van der Waals surface area (Å²) in [5, 5.41) is 13.2. The van der Waals surface area contributed by atoms with E-state index < -0.39 is 0 Å². The van der Waals surface area contributed by atoms with Gasteiger partial charge in [0.1, 0.15) is 0 Å². The lowest BCUT2D eigenvalue weighted by Crippen LogP contribution is -2.40. The second-order valence-electron chi connectivity index (χ2n) is 5.29. The molecule has 0 heterocycles. The third kappa shape index (κ3) is 7.20. The third-order valence-corrected chi connectivity index (χ3v) is 3.30. The van der Waals surface area contributed by atoms with Gasteiger partial charge in [0.2, 0.25) is 0 Å². The lowest BCUT2D eigenvalue weighted by atomic mass is 9.90. The predicted octanol–water partition coefficient (Wildman–Crippen LogP) is 1.71. The first kappa shape index (κ1) is 15.9. The van der Waals surface area contributed by atoms with Crippen LogP contribution in [0.5, 0.6) is 0 Å². The SMILES string of the molecule is CCN(CC)CC(O)CNCC(C)(C)CC. The Morgan fingerprint density at radius 1 is 1.19 bits per heavy atom. The van der Waals surface area contributed by atoms with Crippen LogP contribution in [-0.2, 0) is 0 Å². The van der Waals surface area contributed by atoms with E-state index in [4.69, 9.17) is 0 Å². The molecule has 2 N–H and O–H groups in total. The van der Waals surface area contributed by atoms with Gasteiger partial charge < -0.3 is 15.3 Å². The molecule has 0 radical (unpaired) electrons. The number of nitrogens with one attached hydrogen (secondary N) is 1. The average molecular weight is 230 g/mol. The molecule has 0 aromatic heterocycles. The summed E-state index contributed by atoms with van der Waals surface area (Å²) in [6, 6.07) is 0. The Bertz CT molecular complexity index is 167. The summed E-state index contributed by atoms with van der Waals surface area (Å²) >= 11 is 0. The molecule has 1 atom stereocenters. The molecule has 0 aliphatic rings. The maximum atomic E-state index is 9.85. The fourth-order valence-corrected chi connectivity index (χ4v) is 1.55. The highest BCUT2D eigenvalue weighted by atomic mass is 16.3. The molecule has 16 heavy (non-hydrogen) atoms. The Morgan fingerprint density at radius 2 is 1.75 bits per heavy atom. The standard InChI is InChI=1S/C13H30N2O/c1-6-13(4,5)11-14-9-12(16)10-15(7-2)8-3/h12,14,16H,6-11H2,1-5H3. The summed E-state index contributed by atoms with van der Waals surface area (Å²) in [5.74, 6) is 0. The molecule has 0 aliphatic carbocycles. The zero-order chi connectivity index (χ0) is 12.6. The van der Waals surface area contributed by atoms with Gasteiger partial charge in [0.15, 0.2) is 0 Å². The van der Waals surface area contributed by atoms with E-state index in [0.29, 0.717) is 12.0 Å². The summed E-state index contributed by atoms with van der Waals surface area (Å²) in [5.41, 5.74) is 0.328. The van der Waals surface area contributed by atoms with E-state index >= 15 is 0 Å². The summed E-state index contributed by atoms with van der Waals surface area (Å²) in [4.78, 5) is 2.25. The Labute approximate surface area is 101 Å². The Kier molecular flexibility index (Phi) is 7.98. The number of aliphatic hydroxyl groups is 1. The van der Waals surface area contributed by atoms with Crippen molar-refractivity contribution in [1.29, 1.82) is 0 Å². The van der Waals surface area contributed by atoms with Crippen molar-refractivity contribution in [3.8, 4) is 0 Å². The van der Waals surface area contributed by atoms with Gasteiger partial charge in [-0.25, -0.2) is 0 Å². The molecule has 0 spiro atoms. The molecule has 0 bridgehead atoms. The van der Waals surface area contributed by atoms with E-state index in [9.17, 15) is 5.11 Å². The summed E-state index contributed by atoms with van der Waals surface area (Å²) in [7, 11) is 0. The minimum absolute atomic E-state index is 0.257. The molecular weight excluding hydrogens is 200 g/mol. The van der Waals surface area contributed by atoms with E-state index in [1.165, 1.54) is 0 Å². The van der Waals surface area contributed by atoms with Crippen LogP contribution in [0, 0.1) is 5.41 Å². The highest BCUT2D eigenvalue weighted by molar-refractivity contribution is 4.72. The molecule has 0 saturated carbocycles. The third-order valence-electron chi connectivity index (χ3n) is 3.30. The highest BCUT2D eigenvalue weighted by Gasteiger charge is 2.15. The van der Waals surface area contributed by atoms with Crippen LogP contribution in [0.4, 0.5) is 0 Å². The summed E-state index contributed by atoms with van der Waals surface area (Å²) in [6.45, 7) is 15.4. The van der Waals surface area contributed by atoms with Crippen molar-refractivity contribution in [3.05, 3.63) is 0 Å².